The zero-order valence-corrected chi connectivity index (χ0v) is 11.6. The molecule has 2 aromatic rings. The Bertz CT molecular complexity index is 574. The number of rotatable bonds is 3. The number of nitrogens with one attached hydrogen (secondary N) is 1. The number of aromatic nitrogens is 4. The fourth-order valence-corrected chi connectivity index (χ4v) is 2.80. The van der Waals surface area contributed by atoms with Crippen molar-refractivity contribution in [3.05, 3.63) is 35.9 Å². The minimum atomic E-state index is 0.183. The topological polar surface area (TPSA) is 66.8 Å². The van der Waals surface area contributed by atoms with E-state index < -0.39 is 0 Å². The highest BCUT2D eigenvalue weighted by Gasteiger charge is 2.25. The van der Waals surface area contributed by atoms with Crippen LogP contribution in [0.2, 0.25) is 0 Å². The molecule has 1 atom stereocenters. The Morgan fingerprint density at radius 1 is 1.55 bits per heavy atom. The Morgan fingerprint density at radius 2 is 2.45 bits per heavy atom. The molecule has 0 radical (unpaired) electrons. The quantitative estimate of drug-likeness (QED) is 0.910. The van der Waals surface area contributed by atoms with Crippen LogP contribution in [0.25, 0.3) is 0 Å². The minimum absolute atomic E-state index is 0.183. The molecule has 1 aliphatic rings. The first-order valence-electron chi connectivity index (χ1n) is 6.97. The van der Waals surface area contributed by atoms with Crippen LogP contribution in [-0.2, 0) is 18.3 Å². The first kappa shape index (κ1) is 12.9. The van der Waals surface area contributed by atoms with Gasteiger partial charge in [0.1, 0.15) is 0 Å². The van der Waals surface area contributed by atoms with Crippen LogP contribution in [0.1, 0.15) is 30.0 Å². The Morgan fingerprint density at radius 3 is 3.15 bits per heavy atom. The molecule has 0 spiro atoms. The maximum absolute atomic E-state index is 12.4. The van der Waals surface area contributed by atoms with Crippen molar-refractivity contribution >= 4 is 5.91 Å². The number of hydrogen-bond donors (Lipinski definition) is 1. The number of carbonyl (C=O) groups excluding carboxylic acids is 1. The summed E-state index contributed by atoms with van der Waals surface area (Å²) in [4.78, 5) is 14.3. The molecule has 106 valence electrons. The molecule has 1 aliphatic heterocycles. The summed E-state index contributed by atoms with van der Waals surface area (Å²) in [7, 11) is 1.86. The molecule has 0 aliphatic carbocycles. The predicted octanol–water partition coefficient (Wildman–Crippen LogP) is 1.09. The standard InChI is InChI=1S/C14H19N5O/c1-18-9-11(8-16-18)7-14(20)19-6-2-3-12(10-19)13-4-5-15-17-13/h4-5,8-9,12H,2-3,6-7,10H2,1H3,(H,15,17)/t12-/m0/s1. The lowest BCUT2D eigenvalue weighted by Gasteiger charge is -2.32. The number of H-pyrrole nitrogens is 1. The third kappa shape index (κ3) is 2.74. The summed E-state index contributed by atoms with van der Waals surface area (Å²) in [6.07, 6.45) is 8.01. The molecular formula is C14H19N5O. The summed E-state index contributed by atoms with van der Waals surface area (Å²) in [5.41, 5.74) is 2.10. The lowest BCUT2D eigenvalue weighted by molar-refractivity contribution is -0.131. The van der Waals surface area contributed by atoms with Gasteiger partial charge in [-0.2, -0.15) is 10.2 Å². The van der Waals surface area contributed by atoms with Gasteiger partial charge in [-0.15, -0.1) is 0 Å². The number of aromatic amines is 1. The van der Waals surface area contributed by atoms with E-state index in [9.17, 15) is 4.79 Å². The smallest absolute Gasteiger partial charge is 0.227 e. The van der Waals surface area contributed by atoms with Gasteiger partial charge in [0, 0.05) is 44.1 Å². The van der Waals surface area contributed by atoms with Crippen LogP contribution in [0, 0.1) is 0 Å². The second kappa shape index (κ2) is 5.48. The molecule has 1 amide bonds. The third-order valence-electron chi connectivity index (χ3n) is 3.85. The highest BCUT2D eigenvalue weighted by molar-refractivity contribution is 5.78. The van der Waals surface area contributed by atoms with E-state index in [0.29, 0.717) is 12.3 Å². The number of piperidine rings is 1. The number of aryl methyl sites for hydroxylation is 1. The lowest BCUT2D eigenvalue weighted by atomic mass is 9.94. The Hall–Kier alpha value is -2.11. The van der Waals surface area contributed by atoms with Crippen molar-refractivity contribution in [2.75, 3.05) is 13.1 Å². The van der Waals surface area contributed by atoms with E-state index in [1.807, 2.05) is 24.2 Å². The van der Waals surface area contributed by atoms with Crippen LogP contribution in [0.4, 0.5) is 0 Å². The van der Waals surface area contributed by atoms with Crippen LogP contribution in [0.15, 0.2) is 24.7 Å². The lowest BCUT2D eigenvalue weighted by Crippen LogP contribution is -2.40. The van der Waals surface area contributed by atoms with Crippen molar-refractivity contribution < 1.29 is 4.79 Å². The molecular weight excluding hydrogens is 254 g/mol. The first-order valence-corrected chi connectivity index (χ1v) is 6.97. The van der Waals surface area contributed by atoms with E-state index in [-0.39, 0.29) is 5.91 Å². The van der Waals surface area contributed by atoms with Crippen molar-refractivity contribution in [2.24, 2.45) is 7.05 Å². The van der Waals surface area contributed by atoms with Crippen molar-refractivity contribution in [1.82, 2.24) is 24.9 Å². The van der Waals surface area contributed by atoms with E-state index in [4.69, 9.17) is 0 Å². The van der Waals surface area contributed by atoms with Crippen molar-refractivity contribution in [3.63, 3.8) is 0 Å². The summed E-state index contributed by atoms with van der Waals surface area (Å²) < 4.78 is 1.73. The molecule has 1 saturated heterocycles. The number of likely N-dealkylation sites (tertiary alicyclic amines) is 1. The van der Waals surface area contributed by atoms with Gasteiger partial charge < -0.3 is 4.90 Å². The SMILES string of the molecule is Cn1cc(CC(=O)N2CCC[C@H](c3ccn[nH]3)C2)cn1. The maximum atomic E-state index is 12.4. The van der Waals surface area contributed by atoms with Gasteiger partial charge in [0.05, 0.1) is 12.6 Å². The first-order chi connectivity index (χ1) is 9.72. The zero-order chi connectivity index (χ0) is 13.9. The van der Waals surface area contributed by atoms with Gasteiger partial charge in [-0.05, 0) is 24.5 Å². The van der Waals surface area contributed by atoms with E-state index in [1.54, 1.807) is 17.1 Å². The molecule has 0 aromatic carbocycles. The molecule has 0 bridgehead atoms. The van der Waals surface area contributed by atoms with Crippen molar-refractivity contribution in [1.29, 1.82) is 0 Å². The van der Waals surface area contributed by atoms with Crippen LogP contribution < -0.4 is 0 Å². The molecule has 1 fully saturated rings. The summed E-state index contributed by atoms with van der Waals surface area (Å²) in [6, 6.07) is 2.00. The summed E-state index contributed by atoms with van der Waals surface area (Å²) in [5, 5.41) is 11.1. The van der Waals surface area contributed by atoms with E-state index in [2.05, 4.69) is 15.3 Å². The second-order valence-electron chi connectivity index (χ2n) is 5.39. The maximum Gasteiger partial charge on any atom is 0.227 e. The van der Waals surface area contributed by atoms with E-state index in [0.717, 1.165) is 37.2 Å². The fraction of sp³-hybridized carbons (Fsp3) is 0.500. The predicted molar refractivity (Wildman–Crippen MR) is 74.1 cm³/mol. The van der Waals surface area contributed by atoms with Gasteiger partial charge >= 0.3 is 0 Å². The average molecular weight is 273 g/mol. The number of amides is 1. The Labute approximate surface area is 117 Å². The fourth-order valence-electron chi connectivity index (χ4n) is 2.80. The number of hydrogen-bond acceptors (Lipinski definition) is 3. The van der Waals surface area contributed by atoms with Crippen molar-refractivity contribution in [3.8, 4) is 0 Å². The van der Waals surface area contributed by atoms with Crippen LogP contribution >= 0.6 is 0 Å². The van der Waals surface area contributed by atoms with Crippen molar-refractivity contribution in [2.45, 2.75) is 25.2 Å². The number of carbonyl (C=O) groups is 1. The summed E-state index contributed by atoms with van der Waals surface area (Å²) in [6.45, 7) is 1.63. The van der Waals surface area contributed by atoms with Gasteiger partial charge in [0.25, 0.3) is 0 Å². The van der Waals surface area contributed by atoms with Crippen LogP contribution in [0.3, 0.4) is 0 Å². The third-order valence-corrected chi connectivity index (χ3v) is 3.85. The molecule has 20 heavy (non-hydrogen) atoms. The Kier molecular flexibility index (Phi) is 3.54. The summed E-state index contributed by atoms with van der Waals surface area (Å²) >= 11 is 0. The van der Waals surface area contributed by atoms with E-state index in [1.165, 1.54) is 0 Å². The monoisotopic (exact) mass is 273 g/mol. The van der Waals surface area contributed by atoms with Gasteiger partial charge in [0.2, 0.25) is 5.91 Å². The minimum Gasteiger partial charge on any atom is -0.342 e. The Balaban J connectivity index is 1.63. The number of nitrogens with zero attached hydrogens (tertiary/aromatic N) is 4. The highest BCUT2D eigenvalue weighted by atomic mass is 16.2. The molecule has 3 rings (SSSR count). The molecule has 6 nitrogen and oxygen atoms in total. The normalized spacial score (nSPS) is 19.2. The van der Waals surface area contributed by atoms with Crippen LogP contribution in [0.5, 0.6) is 0 Å². The molecule has 0 unspecified atom stereocenters. The van der Waals surface area contributed by atoms with Gasteiger partial charge in [-0.3, -0.25) is 14.6 Å². The molecule has 0 saturated carbocycles. The molecule has 2 aromatic heterocycles. The van der Waals surface area contributed by atoms with Gasteiger partial charge in [-0.1, -0.05) is 0 Å². The second-order valence-corrected chi connectivity index (χ2v) is 5.39. The molecule has 1 N–H and O–H groups in total. The highest BCUT2D eigenvalue weighted by Crippen LogP contribution is 2.25. The largest absolute Gasteiger partial charge is 0.342 e. The molecule has 3 heterocycles. The summed E-state index contributed by atoms with van der Waals surface area (Å²) in [5.74, 6) is 0.561. The average Bonchev–Trinajstić information content (AvgIpc) is 3.11. The van der Waals surface area contributed by atoms with Gasteiger partial charge in [0.15, 0.2) is 0 Å². The van der Waals surface area contributed by atoms with Crippen LogP contribution in [-0.4, -0.2) is 43.9 Å². The van der Waals surface area contributed by atoms with Gasteiger partial charge in [-0.25, -0.2) is 0 Å². The molecule has 6 heteroatoms. The van der Waals surface area contributed by atoms with E-state index >= 15 is 0 Å². The zero-order valence-electron chi connectivity index (χ0n) is 11.6.